The van der Waals surface area contributed by atoms with Crippen LogP contribution in [0.2, 0.25) is 0 Å². The molecule has 19 heavy (non-hydrogen) atoms. The van der Waals surface area contributed by atoms with E-state index in [1.807, 2.05) is 6.08 Å². The molecule has 0 saturated heterocycles. The zero-order valence-corrected chi connectivity index (χ0v) is 11.4. The molecule has 0 atom stereocenters. The molecule has 0 spiro atoms. The van der Waals surface area contributed by atoms with Crippen LogP contribution in [0.1, 0.15) is 11.1 Å². The maximum Gasteiger partial charge on any atom is 0.0484 e. The Labute approximate surface area is 113 Å². The molecule has 0 N–H and O–H groups in total. The summed E-state index contributed by atoms with van der Waals surface area (Å²) in [5, 5.41) is 1.26. The van der Waals surface area contributed by atoms with Gasteiger partial charge in [-0.1, -0.05) is 48.6 Å². The van der Waals surface area contributed by atoms with Gasteiger partial charge >= 0.3 is 0 Å². The summed E-state index contributed by atoms with van der Waals surface area (Å²) in [5.74, 6) is 0. The summed E-state index contributed by atoms with van der Waals surface area (Å²) in [6, 6.07) is 15.2. The van der Waals surface area contributed by atoms with Crippen LogP contribution in [0, 0.1) is 6.92 Å². The summed E-state index contributed by atoms with van der Waals surface area (Å²) < 4.78 is 2.15. The van der Waals surface area contributed by atoms with Gasteiger partial charge < -0.3 is 4.57 Å². The molecule has 0 unspecified atom stereocenters. The number of aryl methyl sites for hydroxylation is 2. The van der Waals surface area contributed by atoms with E-state index in [1.54, 1.807) is 0 Å². The van der Waals surface area contributed by atoms with Gasteiger partial charge in [0.05, 0.1) is 0 Å². The Balaban J connectivity index is 2.23. The molecule has 0 aliphatic carbocycles. The Morgan fingerprint density at radius 2 is 1.84 bits per heavy atom. The smallest absolute Gasteiger partial charge is 0.0484 e. The zero-order chi connectivity index (χ0) is 13.4. The van der Waals surface area contributed by atoms with Crippen molar-refractivity contribution >= 4 is 17.0 Å². The quantitative estimate of drug-likeness (QED) is 0.613. The Morgan fingerprint density at radius 1 is 1.05 bits per heavy atom. The van der Waals surface area contributed by atoms with E-state index in [9.17, 15) is 0 Å². The number of nitrogens with zero attached hydrogens (tertiary/aromatic N) is 1. The van der Waals surface area contributed by atoms with Gasteiger partial charge in [-0.25, -0.2) is 0 Å². The second kappa shape index (κ2) is 4.43. The van der Waals surface area contributed by atoms with Gasteiger partial charge in [0.1, 0.15) is 0 Å². The van der Waals surface area contributed by atoms with Gasteiger partial charge in [0.25, 0.3) is 0 Å². The van der Waals surface area contributed by atoms with E-state index in [1.165, 1.54) is 33.2 Å². The van der Waals surface area contributed by atoms with Crippen LogP contribution in [-0.4, -0.2) is 4.57 Å². The van der Waals surface area contributed by atoms with Crippen LogP contribution in [-0.2, 0) is 7.05 Å². The van der Waals surface area contributed by atoms with E-state index in [4.69, 9.17) is 0 Å². The Morgan fingerprint density at radius 3 is 2.58 bits per heavy atom. The Bertz CT molecular complexity index is 762. The number of hydrogen-bond donors (Lipinski definition) is 0. The molecule has 1 aromatic heterocycles. The van der Waals surface area contributed by atoms with Gasteiger partial charge in [-0.15, -0.1) is 0 Å². The molecule has 2 aromatic carbocycles. The van der Waals surface area contributed by atoms with Gasteiger partial charge in [0.15, 0.2) is 0 Å². The van der Waals surface area contributed by atoms with E-state index in [-0.39, 0.29) is 0 Å². The molecular weight excluding hydrogens is 230 g/mol. The van der Waals surface area contributed by atoms with Crippen molar-refractivity contribution in [1.29, 1.82) is 0 Å². The van der Waals surface area contributed by atoms with Crippen LogP contribution < -0.4 is 0 Å². The van der Waals surface area contributed by atoms with Crippen LogP contribution in [0.15, 0.2) is 55.2 Å². The molecule has 94 valence electrons. The SMILES string of the molecule is C=Cc1cn(C)c2ccc(-c3cccc(C)c3)cc12. The third-order valence-corrected chi connectivity index (χ3v) is 3.59. The van der Waals surface area contributed by atoms with Crippen LogP contribution in [0.3, 0.4) is 0 Å². The summed E-state index contributed by atoms with van der Waals surface area (Å²) in [7, 11) is 2.07. The first-order valence-corrected chi connectivity index (χ1v) is 6.47. The first kappa shape index (κ1) is 11.8. The topological polar surface area (TPSA) is 4.93 Å². The predicted octanol–water partition coefficient (Wildman–Crippen LogP) is 4.80. The summed E-state index contributed by atoms with van der Waals surface area (Å²) in [4.78, 5) is 0. The molecule has 1 nitrogen and oxygen atoms in total. The fraction of sp³-hybridized carbons (Fsp3) is 0.111. The van der Waals surface area contributed by atoms with Crippen molar-refractivity contribution in [3.63, 3.8) is 0 Å². The predicted molar refractivity (Wildman–Crippen MR) is 83.2 cm³/mol. The first-order valence-electron chi connectivity index (χ1n) is 6.47. The lowest BCUT2D eigenvalue weighted by molar-refractivity contribution is 0.968. The van der Waals surface area contributed by atoms with Crippen LogP contribution in [0.5, 0.6) is 0 Å². The molecule has 1 heterocycles. The van der Waals surface area contributed by atoms with Crippen LogP contribution in [0.4, 0.5) is 0 Å². The lowest BCUT2D eigenvalue weighted by Crippen LogP contribution is -1.84. The van der Waals surface area contributed by atoms with Crippen molar-refractivity contribution in [2.24, 2.45) is 7.05 Å². The Hall–Kier alpha value is -2.28. The van der Waals surface area contributed by atoms with E-state index in [2.05, 4.69) is 73.8 Å². The zero-order valence-electron chi connectivity index (χ0n) is 11.4. The summed E-state index contributed by atoms with van der Waals surface area (Å²) >= 11 is 0. The summed E-state index contributed by atoms with van der Waals surface area (Å²) in [6.07, 6.45) is 4.04. The molecule has 0 fully saturated rings. The van der Waals surface area contributed by atoms with Gasteiger partial charge in [-0.2, -0.15) is 0 Å². The number of hydrogen-bond acceptors (Lipinski definition) is 0. The van der Waals surface area contributed by atoms with Crippen molar-refractivity contribution in [2.45, 2.75) is 6.92 Å². The molecule has 0 aliphatic heterocycles. The highest BCUT2D eigenvalue weighted by Gasteiger charge is 2.06. The van der Waals surface area contributed by atoms with E-state index in [0.29, 0.717) is 0 Å². The van der Waals surface area contributed by atoms with Gasteiger partial charge in [0, 0.05) is 24.1 Å². The maximum absolute atomic E-state index is 3.90. The van der Waals surface area contributed by atoms with Crippen LogP contribution in [0.25, 0.3) is 28.1 Å². The third kappa shape index (κ3) is 1.97. The molecular formula is C18H17N. The second-order valence-electron chi connectivity index (χ2n) is 5.00. The van der Waals surface area contributed by atoms with E-state index < -0.39 is 0 Å². The van der Waals surface area contributed by atoms with Crippen molar-refractivity contribution in [3.05, 3.63) is 66.4 Å². The van der Waals surface area contributed by atoms with Crippen molar-refractivity contribution in [3.8, 4) is 11.1 Å². The average molecular weight is 247 g/mol. The van der Waals surface area contributed by atoms with Crippen molar-refractivity contribution < 1.29 is 0 Å². The number of benzene rings is 2. The monoisotopic (exact) mass is 247 g/mol. The van der Waals surface area contributed by atoms with E-state index >= 15 is 0 Å². The largest absolute Gasteiger partial charge is 0.350 e. The van der Waals surface area contributed by atoms with Crippen molar-refractivity contribution in [1.82, 2.24) is 4.57 Å². The minimum atomic E-state index is 1.19. The molecule has 3 aromatic rings. The maximum atomic E-state index is 3.90. The molecule has 0 radical (unpaired) electrons. The van der Waals surface area contributed by atoms with E-state index in [0.717, 1.165) is 0 Å². The fourth-order valence-electron chi connectivity index (χ4n) is 2.59. The Kier molecular flexibility index (Phi) is 2.75. The fourth-order valence-corrected chi connectivity index (χ4v) is 2.59. The van der Waals surface area contributed by atoms with Gasteiger partial charge in [-0.3, -0.25) is 0 Å². The highest BCUT2D eigenvalue weighted by molar-refractivity contribution is 5.92. The highest BCUT2D eigenvalue weighted by atomic mass is 14.9. The number of aromatic nitrogens is 1. The average Bonchev–Trinajstić information content (AvgIpc) is 2.75. The standard InChI is InChI=1S/C18H17N/c1-4-14-12-19(3)18-9-8-16(11-17(14)18)15-7-5-6-13(2)10-15/h4-12H,1H2,2-3H3. The lowest BCUT2D eigenvalue weighted by Gasteiger charge is -2.04. The molecule has 3 rings (SSSR count). The minimum Gasteiger partial charge on any atom is -0.350 e. The molecule has 0 amide bonds. The minimum absolute atomic E-state index is 1.19. The lowest BCUT2D eigenvalue weighted by atomic mass is 10.0. The van der Waals surface area contributed by atoms with Crippen molar-refractivity contribution in [2.75, 3.05) is 0 Å². The van der Waals surface area contributed by atoms with Gasteiger partial charge in [0.2, 0.25) is 0 Å². The van der Waals surface area contributed by atoms with Gasteiger partial charge in [-0.05, 0) is 35.7 Å². The number of rotatable bonds is 2. The first-order chi connectivity index (χ1) is 9.19. The molecule has 0 saturated carbocycles. The highest BCUT2D eigenvalue weighted by Crippen LogP contribution is 2.28. The normalized spacial score (nSPS) is 10.8. The molecule has 0 bridgehead atoms. The second-order valence-corrected chi connectivity index (χ2v) is 5.00. The molecule has 1 heteroatoms. The molecule has 0 aliphatic rings. The number of fused-ring (bicyclic) bond motifs is 1. The third-order valence-electron chi connectivity index (χ3n) is 3.59. The van der Waals surface area contributed by atoms with Crippen LogP contribution >= 0.6 is 0 Å². The summed E-state index contributed by atoms with van der Waals surface area (Å²) in [6.45, 7) is 6.02. The summed E-state index contributed by atoms with van der Waals surface area (Å²) in [5.41, 5.74) is 6.24.